The smallest absolute Gasteiger partial charge is 0.414 e. The molecule has 1 fully saturated rings. The second-order valence-corrected chi connectivity index (χ2v) is 9.44. The molecule has 8 heteroatoms. The third-order valence-electron chi connectivity index (χ3n) is 5.48. The van der Waals surface area contributed by atoms with E-state index < -0.39 is 0 Å². The Bertz CT molecular complexity index is 932. The summed E-state index contributed by atoms with van der Waals surface area (Å²) in [5.41, 5.74) is 3.49. The minimum atomic E-state index is -0.384. The van der Waals surface area contributed by atoms with Gasteiger partial charge in [0.15, 0.2) is 0 Å². The third kappa shape index (κ3) is 4.42. The minimum Gasteiger partial charge on any atom is -0.442 e. The van der Waals surface area contributed by atoms with E-state index in [1.165, 1.54) is 22.5 Å². The molecule has 0 saturated carbocycles. The average molecular weight is 434 g/mol. The van der Waals surface area contributed by atoms with Gasteiger partial charge in [-0.25, -0.2) is 4.79 Å². The predicted octanol–water partition coefficient (Wildman–Crippen LogP) is 3.75. The zero-order valence-corrected chi connectivity index (χ0v) is 18.1. The van der Waals surface area contributed by atoms with E-state index in [9.17, 15) is 9.59 Å². The van der Waals surface area contributed by atoms with Crippen molar-refractivity contribution < 1.29 is 14.3 Å². The van der Waals surface area contributed by atoms with Crippen LogP contribution in [0.2, 0.25) is 4.34 Å². The van der Waals surface area contributed by atoms with E-state index in [0.29, 0.717) is 21.7 Å². The van der Waals surface area contributed by atoms with Crippen molar-refractivity contribution in [1.82, 2.24) is 10.2 Å². The second-order valence-electron chi connectivity index (χ2n) is 7.73. The van der Waals surface area contributed by atoms with Gasteiger partial charge in [0, 0.05) is 18.8 Å². The number of thiophene rings is 1. The zero-order chi connectivity index (χ0) is 20.5. The Kier molecular flexibility index (Phi) is 5.81. The van der Waals surface area contributed by atoms with Crippen LogP contribution in [0.5, 0.6) is 0 Å². The van der Waals surface area contributed by atoms with E-state index in [1.807, 2.05) is 6.07 Å². The lowest BCUT2D eigenvalue weighted by Crippen LogP contribution is -2.34. The number of rotatable bonds is 4. The maximum absolute atomic E-state index is 12.4. The van der Waals surface area contributed by atoms with Crippen molar-refractivity contribution in [1.29, 1.82) is 0 Å². The highest BCUT2D eigenvalue weighted by atomic mass is 35.5. The number of carbonyl (C=O) groups excluding carboxylic acids is 2. The number of nitrogens with one attached hydrogen (secondary N) is 1. The highest BCUT2D eigenvalue weighted by molar-refractivity contribution is 7.17. The summed E-state index contributed by atoms with van der Waals surface area (Å²) in [6.07, 6.45) is 0.211. The number of ether oxygens (including phenoxy) is 1. The van der Waals surface area contributed by atoms with Gasteiger partial charge >= 0.3 is 6.09 Å². The maximum Gasteiger partial charge on any atom is 0.414 e. The fourth-order valence-electron chi connectivity index (χ4n) is 3.99. The van der Waals surface area contributed by atoms with Crippen LogP contribution in [0.1, 0.15) is 33.6 Å². The molecule has 1 N–H and O–H groups in total. The van der Waals surface area contributed by atoms with Gasteiger partial charge in [0.1, 0.15) is 6.10 Å². The molecule has 2 aliphatic rings. The van der Waals surface area contributed by atoms with Crippen LogP contribution in [0, 0.1) is 0 Å². The number of hydrogen-bond donors (Lipinski definition) is 1. The van der Waals surface area contributed by atoms with Crippen molar-refractivity contribution in [3.8, 4) is 0 Å². The van der Waals surface area contributed by atoms with Gasteiger partial charge in [-0.05, 0) is 54.8 Å². The lowest BCUT2D eigenvalue weighted by molar-refractivity contribution is 0.0920. The van der Waals surface area contributed by atoms with Crippen LogP contribution < -0.4 is 10.2 Å². The molecule has 2 amide bonds. The zero-order valence-electron chi connectivity index (χ0n) is 16.5. The Hall–Kier alpha value is -2.09. The van der Waals surface area contributed by atoms with Crippen molar-refractivity contribution in [2.45, 2.75) is 25.4 Å². The van der Waals surface area contributed by atoms with Gasteiger partial charge in [-0.3, -0.25) is 9.69 Å². The van der Waals surface area contributed by atoms with E-state index in [0.717, 1.165) is 25.2 Å². The van der Waals surface area contributed by atoms with Crippen molar-refractivity contribution >= 4 is 40.6 Å². The van der Waals surface area contributed by atoms with Gasteiger partial charge in [-0.2, -0.15) is 0 Å². The minimum absolute atomic E-state index is 0.209. The first-order valence-corrected chi connectivity index (χ1v) is 10.9. The third-order valence-corrected chi connectivity index (χ3v) is 6.71. The summed E-state index contributed by atoms with van der Waals surface area (Å²) in [6.45, 7) is 4.97. The van der Waals surface area contributed by atoms with Gasteiger partial charge in [0.2, 0.25) is 0 Å². The van der Waals surface area contributed by atoms with Gasteiger partial charge in [-0.1, -0.05) is 24.6 Å². The molecule has 0 aliphatic carbocycles. The van der Waals surface area contributed by atoms with Crippen molar-refractivity contribution in [3.63, 3.8) is 0 Å². The van der Waals surface area contributed by atoms with E-state index in [-0.39, 0.29) is 24.6 Å². The topological polar surface area (TPSA) is 61.9 Å². The Labute approximate surface area is 179 Å². The summed E-state index contributed by atoms with van der Waals surface area (Å²) >= 11 is 7.10. The van der Waals surface area contributed by atoms with Gasteiger partial charge in [0.25, 0.3) is 5.91 Å². The molecule has 2 aliphatic heterocycles. The molecule has 1 aromatic heterocycles. The molecule has 3 heterocycles. The predicted molar refractivity (Wildman–Crippen MR) is 115 cm³/mol. The molecule has 4 rings (SSSR count). The standard InChI is InChI=1S/C21H24ClN3O3S/c1-13-11-24(2)8-7-14-9-15(3-4-17(13)14)25-12-16(28-21(25)27)10-23-20(26)18-5-6-19(22)29-18/h3-6,9,13,16H,7-8,10-12H2,1-2H3,(H,23,26). The van der Waals surface area contributed by atoms with Gasteiger partial charge in [-0.15, -0.1) is 11.3 Å². The number of fused-ring (bicyclic) bond motifs is 1. The number of hydrogen-bond acceptors (Lipinski definition) is 5. The van der Waals surface area contributed by atoms with Crippen LogP contribution in [-0.4, -0.2) is 56.2 Å². The molecular formula is C21H24ClN3O3S. The summed E-state index contributed by atoms with van der Waals surface area (Å²) in [5, 5.41) is 2.82. The van der Waals surface area contributed by atoms with Gasteiger partial charge in [0.05, 0.1) is 22.3 Å². The lowest BCUT2D eigenvalue weighted by atomic mass is 9.94. The Morgan fingerprint density at radius 2 is 2.14 bits per heavy atom. The Morgan fingerprint density at radius 3 is 2.90 bits per heavy atom. The number of nitrogens with zero attached hydrogens (tertiary/aromatic N) is 2. The van der Waals surface area contributed by atoms with Crippen LogP contribution in [0.25, 0.3) is 0 Å². The molecule has 2 atom stereocenters. The number of benzene rings is 1. The first kappa shape index (κ1) is 20.2. The number of halogens is 1. The fraction of sp³-hybridized carbons (Fsp3) is 0.429. The summed E-state index contributed by atoms with van der Waals surface area (Å²) in [7, 11) is 2.14. The van der Waals surface area contributed by atoms with Crippen molar-refractivity contribution in [3.05, 3.63) is 50.7 Å². The summed E-state index contributed by atoms with van der Waals surface area (Å²) < 4.78 is 6.04. The molecule has 1 aromatic carbocycles. The van der Waals surface area contributed by atoms with Gasteiger partial charge < -0.3 is 15.0 Å². The summed E-state index contributed by atoms with van der Waals surface area (Å²) in [4.78, 5) is 29.1. The first-order chi connectivity index (χ1) is 13.9. The molecular weight excluding hydrogens is 410 g/mol. The number of cyclic esters (lactones) is 1. The van der Waals surface area contributed by atoms with Crippen molar-refractivity contribution in [2.75, 3.05) is 38.1 Å². The first-order valence-electron chi connectivity index (χ1n) is 9.74. The largest absolute Gasteiger partial charge is 0.442 e. The Morgan fingerprint density at radius 1 is 1.31 bits per heavy atom. The monoisotopic (exact) mass is 433 g/mol. The highest BCUT2D eigenvalue weighted by Crippen LogP contribution is 2.30. The summed E-state index contributed by atoms with van der Waals surface area (Å²) in [6, 6.07) is 9.62. The maximum atomic E-state index is 12.4. The molecule has 2 aromatic rings. The van der Waals surface area contributed by atoms with E-state index in [4.69, 9.17) is 16.3 Å². The molecule has 0 radical (unpaired) electrons. The lowest BCUT2D eigenvalue weighted by Gasteiger charge is -2.18. The normalized spacial score (nSPS) is 22.2. The fourth-order valence-corrected chi connectivity index (χ4v) is 4.95. The quantitative estimate of drug-likeness (QED) is 0.797. The van der Waals surface area contributed by atoms with E-state index in [1.54, 1.807) is 17.0 Å². The number of carbonyl (C=O) groups is 2. The molecule has 0 spiro atoms. The van der Waals surface area contributed by atoms with Crippen LogP contribution in [-0.2, 0) is 11.2 Å². The van der Waals surface area contributed by atoms with Crippen LogP contribution in [0.4, 0.5) is 10.5 Å². The number of amides is 2. The SMILES string of the molecule is CC1CN(C)CCc2cc(N3CC(CNC(=O)c4ccc(Cl)s4)OC3=O)ccc21. The molecule has 6 nitrogen and oxygen atoms in total. The van der Waals surface area contributed by atoms with Crippen molar-refractivity contribution in [2.24, 2.45) is 0 Å². The summed E-state index contributed by atoms with van der Waals surface area (Å²) in [5.74, 6) is 0.255. The highest BCUT2D eigenvalue weighted by Gasteiger charge is 2.33. The van der Waals surface area contributed by atoms with E-state index >= 15 is 0 Å². The van der Waals surface area contributed by atoms with Crippen LogP contribution in [0.15, 0.2) is 30.3 Å². The molecule has 154 valence electrons. The average Bonchev–Trinajstić information content (AvgIpc) is 3.26. The molecule has 0 bridgehead atoms. The van der Waals surface area contributed by atoms with Crippen LogP contribution >= 0.6 is 22.9 Å². The Balaban J connectivity index is 1.41. The molecule has 1 saturated heterocycles. The number of likely N-dealkylation sites (N-methyl/N-ethyl adjacent to an activating group) is 1. The molecule has 29 heavy (non-hydrogen) atoms. The number of anilines is 1. The second kappa shape index (κ2) is 8.34. The molecule has 2 unspecified atom stereocenters. The van der Waals surface area contributed by atoms with E-state index in [2.05, 4.69) is 36.3 Å². The van der Waals surface area contributed by atoms with Crippen LogP contribution in [0.3, 0.4) is 0 Å².